The van der Waals surface area contributed by atoms with Crippen LogP contribution in [-0.4, -0.2) is 97.2 Å². The third-order valence-electron chi connectivity index (χ3n) is 12.3. The normalized spacial score (nSPS) is 11.7. The van der Waals surface area contributed by atoms with Crippen molar-refractivity contribution >= 4 is 78.1 Å². The average Bonchev–Trinajstić information content (AvgIpc) is 1.69. The molecule has 0 spiro atoms. The molecule has 0 aliphatic rings. The maximum atomic E-state index is 13.1. The number of aromatic nitrogens is 2. The summed E-state index contributed by atoms with van der Waals surface area (Å²) < 4.78 is 66.7. The van der Waals surface area contributed by atoms with Gasteiger partial charge in [-0.3, -0.25) is 29.1 Å². The van der Waals surface area contributed by atoms with Crippen molar-refractivity contribution in [2.24, 2.45) is 0 Å². The van der Waals surface area contributed by atoms with Crippen molar-refractivity contribution in [3.8, 4) is 11.5 Å². The molecule has 1 atom stereocenters. The van der Waals surface area contributed by atoms with E-state index in [-0.39, 0.29) is 18.9 Å². The van der Waals surface area contributed by atoms with Gasteiger partial charge in [0.05, 0.1) is 25.3 Å². The molecule has 8 rings (SSSR count). The fourth-order valence-electron chi connectivity index (χ4n) is 8.08. The first-order chi connectivity index (χ1) is 42.5. The lowest BCUT2D eigenvalue weighted by atomic mass is 10.1. The maximum absolute atomic E-state index is 13.1. The van der Waals surface area contributed by atoms with E-state index >= 15 is 0 Å². The summed E-state index contributed by atoms with van der Waals surface area (Å²) in [6, 6.07) is 48.1. The summed E-state index contributed by atoms with van der Waals surface area (Å²) in [5.41, 5.74) is 4.01. The molecule has 6 aromatic carbocycles. The highest BCUT2D eigenvalue weighted by atomic mass is 31.2. The van der Waals surface area contributed by atoms with Crippen LogP contribution in [-0.2, 0) is 78.1 Å². The topological polar surface area (TPSA) is 263 Å². The highest BCUT2D eigenvalue weighted by molar-refractivity contribution is 7.55. The van der Waals surface area contributed by atoms with Crippen LogP contribution in [0, 0.1) is 0 Å². The lowest BCUT2D eigenvalue weighted by Crippen LogP contribution is -2.42. The van der Waals surface area contributed by atoms with Crippen LogP contribution in [0.25, 0.3) is 27.9 Å². The van der Waals surface area contributed by atoms with Gasteiger partial charge in [0.2, 0.25) is 5.78 Å². The second-order valence-electron chi connectivity index (χ2n) is 21.2. The Morgan fingerprint density at radius 2 is 0.910 bits per heavy atom. The number of rotatable bonds is 19. The zero-order valence-electron chi connectivity index (χ0n) is 50.9. The molecule has 2 heterocycles. The first kappa shape index (κ1) is 68.1. The van der Waals surface area contributed by atoms with E-state index in [4.69, 9.17) is 42.2 Å². The van der Waals surface area contributed by atoms with E-state index in [1.807, 2.05) is 97.1 Å². The molecule has 89 heavy (non-hydrogen) atoms. The summed E-state index contributed by atoms with van der Waals surface area (Å²) in [5.74, 6) is -2.22. The van der Waals surface area contributed by atoms with Gasteiger partial charge in [-0.15, -0.1) is 0 Å². The molecule has 0 saturated heterocycles. The Hall–Kier alpha value is -10.0. The van der Waals surface area contributed by atoms with Gasteiger partial charge in [0.25, 0.3) is 0 Å². The Bertz CT molecular complexity index is 3770. The largest absolute Gasteiger partial charge is 0.489 e. The highest BCUT2D eigenvalue weighted by Gasteiger charge is 2.43. The SMILES string of the molecule is CC(C)(C)OC(=O)n1cc(C=O)c2ccc(OCc3ccccc3)cc21.COC(=O)/C(=C/c1cn(C(=O)OC(C)(C)C)c2cc(OCc3ccccc3)ccc12)NC(=O)OCc1ccccc1.COC(=O)C(NC(=O)OCc1ccccc1)P(=O)(OC)OC. The number of amides is 2. The molecule has 0 radical (unpaired) electrons. The summed E-state index contributed by atoms with van der Waals surface area (Å²) in [7, 11) is 0.576. The molecule has 22 nitrogen and oxygen atoms in total. The van der Waals surface area contributed by atoms with Crippen molar-refractivity contribution in [1.82, 2.24) is 19.8 Å². The van der Waals surface area contributed by atoms with Crippen LogP contribution < -0.4 is 20.1 Å². The van der Waals surface area contributed by atoms with Gasteiger partial charge in [0, 0.05) is 60.6 Å². The Morgan fingerprint density at radius 1 is 0.517 bits per heavy atom. The number of nitrogens with zero attached hydrogens (tertiary/aromatic N) is 2. The number of benzene rings is 6. The van der Waals surface area contributed by atoms with Crippen LogP contribution >= 0.6 is 7.60 Å². The van der Waals surface area contributed by atoms with Crippen LogP contribution in [0.5, 0.6) is 11.5 Å². The Kier molecular flexibility index (Phi) is 24.6. The summed E-state index contributed by atoms with van der Waals surface area (Å²) in [6.07, 6.45) is 2.24. The van der Waals surface area contributed by atoms with Crippen molar-refractivity contribution in [3.63, 3.8) is 0 Å². The Morgan fingerprint density at radius 3 is 1.29 bits per heavy atom. The van der Waals surface area contributed by atoms with Crippen molar-refractivity contribution in [1.29, 1.82) is 0 Å². The standard InChI is InChI=1S/C32H32N2O7.C21H21NO4.C13H18NO7P/c1-32(2,3)41-31(37)34-19-24(26-16-15-25(18-28(26)34)39-20-22-11-7-5-8-12-22)17-27(29(35)38-4)33-30(36)40-21-23-13-9-6-10-14-23;1-21(2,3)26-20(24)22-12-16(13-23)18-10-9-17(11-19(18)22)25-14-15-7-5-4-6-8-15;1-18-12(15)11(22(17,19-2)20-3)14-13(16)21-9-10-7-5-4-6-8-10/h5-19H,20-21H2,1-4H3,(H,33,36);4-13H,14H2,1-3H3;4-8,11H,9H2,1-3H3,(H,14,16)/b27-17-;;. The molecular weight excluding hydrogens is 1170 g/mol. The van der Waals surface area contributed by atoms with E-state index in [0.717, 1.165) is 49.9 Å². The van der Waals surface area contributed by atoms with Gasteiger partial charge < -0.3 is 46.9 Å². The molecule has 0 saturated carbocycles. The number of ether oxygens (including phenoxy) is 8. The molecule has 0 aliphatic heterocycles. The number of fused-ring (bicyclic) bond motifs is 2. The fraction of sp³-hybridized carbons (Fsp3) is 0.258. The molecule has 0 aliphatic carbocycles. The second-order valence-corrected chi connectivity index (χ2v) is 23.5. The van der Waals surface area contributed by atoms with Crippen LogP contribution in [0.1, 0.15) is 79.7 Å². The van der Waals surface area contributed by atoms with Gasteiger partial charge in [-0.25, -0.2) is 28.8 Å². The molecular formula is C66H71N4O18P. The van der Waals surface area contributed by atoms with Gasteiger partial charge in [-0.05, 0) is 94.1 Å². The van der Waals surface area contributed by atoms with Gasteiger partial charge >= 0.3 is 43.9 Å². The van der Waals surface area contributed by atoms with Crippen molar-refractivity contribution in [2.75, 3.05) is 28.4 Å². The molecule has 0 fully saturated rings. The van der Waals surface area contributed by atoms with Crippen molar-refractivity contribution < 1.29 is 85.1 Å². The van der Waals surface area contributed by atoms with E-state index in [1.165, 1.54) is 34.7 Å². The zero-order valence-corrected chi connectivity index (χ0v) is 51.8. The second kappa shape index (κ2) is 32.1. The number of carbonyl (C=O) groups is 7. The van der Waals surface area contributed by atoms with Crippen molar-refractivity contribution in [3.05, 3.63) is 209 Å². The van der Waals surface area contributed by atoms with E-state index in [2.05, 4.69) is 15.4 Å². The number of carbonyl (C=O) groups excluding carboxylic acids is 7. The number of hydrogen-bond donors (Lipinski definition) is 2. The molecule has 0 bridgehead atoms. The quantitative estimate of drug-likeness (QED) is 0.0250. The number of nitrogens with one attached hydrogen (secondary N) is 2. The third kappa shape index (κ3) is 20.6. The fourth-order valence-corrected chi connectivity index (χ4v) is 9.28. The van der Waals surface area contributed by atoms with E-state index in [0.29, 0.717) is 57.6 Å². The monoisotopic (exact) mass is 1240 g/mol. The molecule has 1 unspecified atom stereocenters. The molecule has 468 valence electrons. The van der Waals surface area contributed by atoms with Gasteiger partial charge in [0.15, 0.2) is 6.29 Å². The number of hydrogen-bond acceptors (Lipinski definition) is 18. The third-order valence-corrected chi connectivity index (χ3v) is 14.3. The van der Waals surface area contributed by atoms with E-state index in [1.54, 1.807) is 102 Å². The number of aldehydes is 1. The predicted molar refractivity (Wildman–Crippen MR) is 331 cm³/mol. The Labute approximate surface area is 515 Å². The summed E-state index contributed by atoms with van der Waals surface area (Å²) in [6.45, 7) is 11.5. The van der Waals surface area contributed by atoms with E-state index < -0.39 is 60.9 Å². The summed E-state index contributed by atoms with van der Waals surface area (Å²) in [4.78, 5) is 85.5. The van der Waals surface area contributed by atoms with Crippen LogP contribution in [0.3, 0.4) is 0 Å². The minimum atomic E-state index is -3.90. The maximum Gasteiger partial charge on any atom is 0.419 e. The van der Waals surface area contributed by atoms with Gasteiger partial charge in [0.1, 0.15) is 54.8 Å². The molecule has 2 aromatic heterocycles. The van der Waals surface area contributed by atoms with E-state index in [9.17, 15) is 38.1 Å². The number of esters is 2. The zero-order chi connectivity index (χ0) is 64.7. The predicted octanol–water partition coefficient (Wildman–Crippen LogP) is 13.2. The lowest BCUT2D eigenvalue weighted by molar-refractivity contribution is -0.141. The number of alkyl carbamates (subject to hydrolysis) is 2. The van der Waals surface area contributed by atoms with Crippen LogP contribution in [0.4, 0.5) is 19.2 Å². The van der Waals surface area contributed by atoms with Gasteiger partial charge in [-0.1, -0.05) is 121 Å². The lowest BCUT2D eigenvalue weighted by Gasteiger charge is -2.22. The first-order valence-corrected chi connectivity index (χ1v) is 29.2. The summed E-state index contributed by atoms with van der Waals surface area (Å²) in [5, 5.41) is 5.88. The van der Waals surface area contributed by atoms with Crippen LogP contribution in [0.15, 0.2) is 176 Å². The molecule has 2 N–H and O–H groups in total. The first-order valence-electron chi connectivity index (χ1n) is 27.6. The van der Waals surface area contributed by atoms with Gasteiger partial charge in [-0.2, -0.15) is 0 Å². The minimum absolute atomic E-state index is 0.00910. The Balaban J connectivity index is 0.000000227. The average molecular weight is 1240 g/mol. The summed E-state index contributed by atoms with van der Waals surface area (Å²) >= 11 is 0. The molecule has 2 amide bonds. The minimum Gasteiger partial charge on any atom is -0.489 e. The molecule has 23 heteroatoms. The molecule has 8 aromatic rings. The number of methoxy groups -OCH3 is 2. The smallest absolute Gasteiger partial charge is 0.419 e. The van der Waals surface area contributed by atoms with Crippen LogP contribution in [0.2, 0.25) is 0 Å². The highest BCUT2D eigenvalue weighted by Crippen LogP contribution is 2.51. The van der Waals surface area contributed by atoms with Crippen molar-refractivity contribution in [2.45, 2.75) is 85.0 Å².